The Morgan fingerprint density at radius 1 is 0.621 bits per heavy atom. The van der Waals surface area contributed by atoms with Crippen molar-refractivity contribution in [1.29, 1.82) is 0 Å². The Morgan fingerprint density at radius 2 is 0.897 bits per heavy atom. The van der Waals surface area contributed by atoms with E-state index in [0.29, 0.717) is 13.2 Å². The average Bonchev–Trinajstić information content (AvgIpc) is 2.66. The predicted molar refractivity (Wildman–Crippen MR) is 122 cm³/mol. The maximum atomic E-state index is 11.0. The van der Waals surface area contributed by atoms with E-state index in [9.17, 15) is 9.59 Å². The van der Waals surface area contributed by atoms with Gasteiger partial charge in [0, 0.05) is 0 Å². The van der Waals surface area contributed by atoms with Crippen LogP contribution in [0.5, 0.6) is 0 Å². The molecule has 0 saturated heterocycles. The van der Waals surface area contributed by atoms with E-state index in [4.69, 9.17) is 34.7 Å². The van der Waals surface area contributed by atoms with Crippen molar-refractivity contribution < 1.29 is 38.5 Å². The van der Waals surface area contributed by atoms with E-state index in [1.807, 2.05) is 0 Å². The molecule has 0 N–H and O–H groups in total. The first-order chi connectivity index (χ1) is 13.4. The molecule has 0 bridgehead atoms. The van der Waals surface area contributed by atoms with Crippen LogP contribution >= 0.6 is 0 Å². The molecule has 0 aliphatic carbocycles. The second kappa shape index (κ2) is 26.3. The summed E-state index contributed by atoms with van der Waals surface area (Å²) in [5.41, 5.74) is 0. The largest absolute Gasteiger partial charge is 2.00 e. The minimum Gasteiger partial charge on any atom is -0.778 e. The summed E-state index contributed by atoms with van der Waals surface area (Å²) < 4.78 is 9.93. The smallest absolute Gasteiger partial charge is 0.778 e. The summed E-state index contributed by atoms with van der Waals surface area (Å²) >= 11 is 9.52. The Morgan fingerprint density at radius 3 is 1.17 bits per heavy atom. The minimum atomic E-state index is -0.407. The zero-order valence-electron chi connectivity index (χ0n) is 19.2. The van der Waals surface area contributed by atoms with Crippen LogP contribution < -0.4 is 0 Å². The SMILES string of the molecule is CCCCCCCCOC(=O)C(C)[S-].CCCCCCCCOC(=O)C(C)[S-].[Zn+2]. The quantitative estimate of drug-likeness (QED) is 0.118. The summed E-state index contributed by atoms with van der Waals surface area (Å²) in [5.74, 6) is -0.512. The fraction of sp³-hybridized carbons (Fsp3) is 0.909. The predicted octanol–water partition coefficient (Wildman–Crippen LogP) is 5.65. The van der Waals surface area contributed by atoms with Gasteiger partial charge in [0.15, 0.2) is 0 Å². The Hall–Kier alpha value is 0.263. The molecule has 0 aliphatic heterocycles. The molecular weight excluding hydrogens is 458 g/mol. The van der Waals surface area contributed by atoms with E-state index in [-0.39, 0.29) is 31.4 Å². The Balaban J connectivity index is -0.000000451. The number of unbranched alkanes of at least 4 members (excludes halogenated alkanes) is 10. The molecule has 0 aliphatic rings. The first kappa shape index (κ1) is 33.9. The molecule has 168 valence electrons. The summed E-state index contributed by atoms with van der Waals surface area (Å²) in [6, 6.07) is 0. The molecule has 0 heterocycles. The number of rotatable bonds is 16. The molecule has 2 atom stereocenters. The number of carbonyl (C=O) groups is 2. The van der Waals surface area contributed by atoms with E-state index in [1.165, 1.54) is 51.4 Å². The molecule has 0 fully saturated rings. The third kappa shape index (κ3) is 28.3. The van der Waals surface area contributed by atoms with E-state index in [1.54, 1.807) is 13.8 Å². The molecule has 0 aromatic rings. The van der Waals surface area contributed by atoms with Gasteiger partial charge in [-0.1, -0.05) is 102 Å². The molecule has 0 amide bonds. The van der Waals surface area contributed by atoms with E-state index < -0.39 is 10.5 Å². The molecule has 0 aromatic carbocycles. The molecule has 0 radical (unpaired) electrons. The second-order valence-electron chi connectivity index (χ2n) is 7.15. The number of hydrogen-bond donors (Lipinski definition) is 0. The van der Waals surface area contributed by atoms with E-state index in [0.717, 1.165) is 25.7 Å². The van der Waals surface area contributed by atoms with Gasteiger partial charge in [-0.2, -0.15) is 0 Å². The van der Waals surface area contributed by atoms with Gasteiger partial charge in [-0.25, -0.2) is 0 Å². The zero-order valence-corrected chi connectivity index (χ0v) is 23.8. The first-order valence-electron chi connectivity index (χ1n) is 11.0. The van der Waals surface area contributed by atoms with Crippen LogP contribution in [0, 0.1) is 0 Å². The fourth-order valence-electron chi connectivity index (χ4n) is 2.35. The van der Waals surface area contributed by atoms with Crippen LogP contribution in [0.15, 0.2) is 0 Å². The number of esters is 2. The normalized spacial score (nSPS) is 12.1. The molecule has 2 unspecified atom stereocenters. The van der Waals surface area contributed by atoms with Crippen molar-refractivity contribution >= 4 is 37.2 Å². The molecule has 4 nitrogen and oxygen atoms in total. The van der Waals surface area contributed by atoms with Gasteiger partial charge >= 0.3 is 19.5 Å². The second-order valence-corrected chi connectivity index (χ2v) is 8.57. The number of ether oxygens (including phenoxy) is 2. The van der Waals surface area contributed by atoms with Crippen molar-refractivity contribution in [2.75, 3.05) is 13.2 Å². The molecule has 0 spiro atoms. The van der Waals surface area contributed by atoms with Crippen LogP contribution in [0.3, 0.4) is 0 Å². The molecule has 7 heteroatoms. The number of hydrogen-bond acceptors (Lipinski definition) is 6. The number of carbonyl (C=O) groups excluding carboxylic acids is 2. The van der Waals surface area contributed by atoms with Gasteiger partial charge in [0.05, 0.1) is 13.2 Å². The summed E-state index contributed by atoms with van der Waals surface area (Å²) in [6.07, 6.45) is 14.5. The van der Waals surface area contributed by atoms with Gasteiger partial charge < -0.3 is 34.7 Å². The van der Waals surface area contributed by atoms with Crippen molar-refractivity contribution in [3.63, 3.8) is 0 Å². The Labute approximate surface area is 203 Å². The first-order valence-corrected chi connectivity index (χ1v) is 12.0. The van der Waals surface area contributed by atoms with Gasteiger partial charge in [-0.15, -0.1) is 0 Å². The zero-order chi connectivity index (χ0) is 21.6. The third-order valence-electron chi connectivity index (χ3n) is 4.15. The van der Waals surface area contributed by atoms with Crippen LogP contribution in [-0.2, 0) is 63.8 Å². The summed E-state index contributed by atoms with van der Waals surface area (Å²) in [6.45, 7) is 8.83. The van der Waals surface area contributed by atoms with Crippen molar-refractivity contribution in [1.82, 2.24) is 0 Å². The summed E-state index contributed by atoms with van der Waals surface area (Å²) in [7, 11) is 0. The van der Waals surface area contributed by atoms with Gasteiger partial charge in [0.2, 0.25) is 0 Å². The topological polar surface area (TPSA) is 52.6 Å². The third-order valence-corrected chi connectivity index (χ3v) is 4.53. The van der Waals surface area contributed by atoms with Crippen LogP contribution in [0.2, 0.25) is 0 Å². The van der Waals surface area contributed by atoms with Crippen molar-refractivity contribution in [3.05, 3.63) is 0 Å². The van der Waals surface area contributed by atoms with Crippen molar-refractivity contribution in [2.24, 2.45) is 0 Å². The van der Waals surface area contributed by atoms with E-state index >= 15 is 0 Å². The van der Waals surface area contributed by atoms with Crippen LogP contribution in [0.1, 0.15) is 105 Å². The maximum absolute atomic E-state index is 11.0. The van der Waals surface area contributed by atoms with Crippen LogP contribution in [0.4, 0.5) is 0 Å². The Bertz CT molecular complexity index is 333. The van der Waals surface area contributed by atoms with Crippen LogP contribution in [0.25, 0.3) is 0 Å². The molecule has 0 aromatic heterocycles. The molecule has 0 rings (SSSR count). The molecular formula is C22H42O4S2Zn. The van der Waals surface area contributed by atoms with Crippen molar-refractivity contribution in [3.8, 4) is 0 Å². The van der Waals surface area contributed by atoms with Gasteiger partial charge in [0.1, 0.15) is 0 Å². The maximum Gasteiger partial charge on any atom is 2.00 e. The van der Waals surface area contributed by atoms with Crippen LogP contribution in [-0.4, -0.2) is 35.7 Å². The van der Waals surface area contributed by atoms with E-state index in [2.05, 4.69) is 13.8 Å². The minimum absolute atomic E-state index is 0. The van der Waals surface area contributed by atoms with Gasteiger partial charge in [-0.05, 0) is 12.8 Å². The summed E-state index contributed by atoms with van der Waals surface area (Å²) in [5, 5.41) is -0.815. The van der Waals surface area contributed by atoms with Gasteiger partial charge in [-0.3, -0.25) is 9.59 Å². The average molecular weight is 500 g/mol. The summed E-state index contributed by atoms with van der Waals surface area (Å²) in [4.78, 5) is 21.9. The monoisotopic (exact) mass is 498 g/mol. The standard InChI is InChI=1S/2C11H22O2S.Zn/c2*1-3-4-5-6-7-8-9-13-11(12)10(2)14;/h2*10,14H,3-9H2,1-2H3;/q;;+2/p-2. The van der Waals surface area contributed by atoms with Gasteiger partial charge in [0.25, 0.3) is 11.9 Å². The Kier molecular flexibility index (Phi) is 30.7. The molecule has 29 heavy (non-hydrogen) atoms. The fourth-order valence-corrected chi connectivity index (χ4v) is 2.48. The van der Waals surface area contributed by atoms with Crippen molar-refractivity contribution in [2.45, 2.75) is 115 Å². The molecule has 0 saturated carbocycles.